The van der Waals surface area contributed by atoms with E-state index in [-0.39, 0.29) is 0 Å². The first kappa shape index (κ1) is 9.17. The Hall–Kier alpha value is 0.0761. The van der Waals surface area contributed by atoms with Crippen molar-refractivity contribution in [3.63, 3.8) is 0 Å². The molecule has 0 bridgehead atoms. The van der Waals surface area contributed by atoms with Crippen LogP contribution >= 0.6 is 0 Å². The molecule has 0 amide bonds. The fourth-order valence-corrected chi connectivity index (χ4v) is 1.80. The molecule has 0 saturated heterocycles. The van der Waals surface area contributed by atoms with Crippen molar-refractivity contribution in [1.82, 2.24) is 4.90 Å². The van der Waals surface area contributed by atoms with Crippen LogP contribution in [0.3, 0.4) is 0 Å². The molecule has 0 spiro atoms. The van der Waals surface area contributed by atoms with Crippen LogP contribution in [0.2, 0.25) is 0 Å². The quantitative estimate of drug-likeness (QED) is 0.758. The summed E-state index contributed by atoms with van der Waals surface area (Å²) in [7, 11) is 4.20. The Balaban J connectivity index is 2.78. The molecule has 0 aliphatic rings. The third kappa shape index (κ3) is 2.89. The molecule has 0 saturated carbocycles. The monoisotopic (exact) mass is 343 g/mol. The van der Waals surface area contributed by atoms with E-state index in [1.54, 1.807) is 25.1 Å². The molecule has 0 aliphatic carbocycles. The van der Waals surface area contributed by atoms with Crippen LogP contribution in [0.5, 0.6) is 0 Å². The van der Waals surface area contributed by atoms with Gasteiger partial charge in [0.25, 0.3) is 0 Å². The second-order valence-corrected chi connectivity index (χ2v) is 4.56. The van der Waals surface area contributed by atoms with Crippen molar-refractivity contribution in [1.29, 1.82) is 0 Å². The van der Waals surface area contributed by atoms with Crippen LogP contribution in [0.1, 0.15) is 5.56 Å². The van der Waals surface area contributed by atoms with Crippen LogP contribution < -0.4 is 3.22 Å². The van der Waals surface area contributed by atoms with Gasteiger partial charge in [0, 0.05) is 0 Å². The molecule has 2 heteroatoms. The van der Waals surface area contributed by atoms with Crippen molar-refractivity contribution in [2.24, 2.45) is 0 Å². The maximum atomic E-state index is 2.20. The van der Waals surface area contributed by atoms with Gasteiger partial charge in [-0.15, -0.1) is 0 Å². The zero-order valence-electron chi connectivity index (χ0n) is 6.87. The van der Waals surface area contributed by atoms with Gasteiger partial charge in [-0.1, -0.05) is 0 Å². The third-order valence-electron chi connectivity index (χ3n) is 1.46. The zero-order valence-corrected chi connectivity index (χ0v) is 10.0. The average Bonchev–Trinajstić information content (AvgIpc) is 1.93. The molecule has 0 fully saturated rings. The molecule has 0 aromatic heterocycles. The summed E-state index contributed by atoms with van der Waals surface area (Å²) in [5, 5.41) is 0. The van der Waals surface area contributed by atoms with Gasteiger partial charge in [-0.25, -0.2) is 0 Å². The first-order valence-corrected chi connectivity index (χ1v) is 5.18. The predicted octanol–water partition coefficient (Wildman–Crippen LogP) is 0.542. The average molecular weight is 343 g/mol. The van der Waals surface area contributed by atoms with Gasteiger partial charge in [0.1, 0.15) is 0 Å². The molecule has 0 aliphatic heterocycles. The topological polar surface area (TPSA) is 3.24 Å². The predicted molar refractivity (Wildman–Crippen MR) is 49.2 cm³/mol. The Morgan fingerprint density at radius 1 is 1.27 bits per heavy atom. The minimum absolute atomic E-state index is 1.06. The molecule has 0 atom stereocenters. The van der Waals surface area contributed by atoms with E-state index in [0.29, 0.717) is 0 Å². The van der Waals surface area contributed by atoms with E-state index in [2.05, 4.69) is 43.3 Å². The van der Waals surface area contributed by atoms with Crippen LogP contribution in [0.25, 0.3) is 0 Å². The van der Waals surface area contributed by atoms with Gasteiger partial charge in [-0.05, 0) is 0 Å². The van der Waals surface area contributed by atoms with Crippen LogP contribution in [0.15, 0.2) is 24.3 Å². The summed E-state index contributed by atoms with van der Waals surface area (Å²) in [6.45, 7) is 1.06. The summed E-state index contributed by atoms with van der Waals surface area (Å²) < 4.78 is 1.46. The molecule has 0 heterocycles. The Labute approximate surface area is 83.5 Å². The number of rotatable bonds is 2. The Morgan fingerprint density at radius 3 is 2.45 bits per heavy atom. The molecule has 59 valence electrons. The molecule has 1 radical (unpaired) electrons. The fraction of sp³-hybridized carbons (Fsp3) is 0.333. The minimum atomic E-state index is 1.06. The zero-order chi connectivity index (χ0) is 8.27. The van der Waals surface area contributed by atoms with Gasteiger partial charge in [0.2, 0.25) is 0 Å². The van der Waals surface area contributed by atoms with Crippen molar-refractivity contribution in [2.45, 2.75) is 6.54 Å². The van der Waals surface area contributed by atoms with Gasteiger partial charge in [0.05, 0.1) is 0 Å². The molecular formula is C9H12NPo. The molecule has 0 N–H and O–H groups in total. The van der Waals surface area contributed by atoms with E-state index < -0.39 is 0 Å². The Kier molecular flexibility index (Phi) is 3.49. The van der Waals surface area contributed by atoms with Crippen LogP contribution in [0.4, 0.5) is 0 Å². The SMILES string of the molecule is CN(C)Cc1cccc[c]1[Po]. The van der Waals surface area contributed by atoms with Crippen molar-refractivity contribution >= 4 is 28.3 Å². The number of benzene rings is 1. The summed E-state index contributed by atoms with van der Waals surface area (Å²) in [5.74, 6) is 0. The fourth-order valence-electron chi connectivity index (χ4n) is 0.975. The van der Waals surface area contributed by atoms with Crippen molar-refractivity contribution in [2.75, 3.05) is 14.1 Å². The molecule has 0 unspecified atom stereocenters. The summed E-state index contributed by atoms with van der Waals surface area (Å²) in [4.78, 5) is 2.20. The van der Waals surface area contributed by atoms with E-state index in [1.807, 2.05) is 0 Å². The molecule has 1 aromatic rings. The maximum absolute atomic E-state index is 2.20. The second-order valence-electron chi connectivity index (χ2n) is 2.85. The van der Waals surface area contributed by atoms with Gasteiger partial charge >= 0.3 is 83.7 Å². The first-order valence-electron chi connectivity index (χ1n) is 3.60. The molecule has 1 nitrogen and oxygen atoms in total. The summed E-state index contributed by atoms with van der Waals surface area (Å²) in [5.41, 5.74) is 1.45. The molecular weight excluding hydrogens is 331 g/mol. The van der Waals surface area contributed by atoms with Gasteiger partial charge in [-0.2, -0.15) is 0 Å². The second kappa shape index (κ2) is 4.19. The van der Waals surface area contributed by atoms with Gasteiger partial charge in [-0.3, -0.25) is 0 Å². The van der Waals surface area contributed by atoms with Gasteiger partial charge in [0.15, 0.2) is 0 Å². The van der Waals surface area contributed by atoms with E-state index in [4.69, 9.17) is 0 Å². The van der Waals surface area contributed by atoms with Crippen molar-refractivity contribution in [3.8, 4) is 0 Å². The first-order chi connectivity index (χ1) is 5.20. The van der Waals surface area contributed by atoms with E-state index in [1.165, 1.54) is 8.79 Å². The van der Waals surface area contributed by atoms with Crippen LogP contribution in [0, 0.1) is 0 Å². The molecule has 1 aromatic carbocycles. The van der Waals surface area contributed by atoms with Crippen molar-refractivity contribution < 1.29 is 0 Å². The molecule has 11 heavy (non-hydrogen) atoms. The normalized spacial score (nSPS) is 10.5. The van der Waals surface area contributed by atoms with Crippen molar-refractivity contribution in [3.05, 3.63) is 29.8 Å². The Bertz CT molecular complexity index is 233. The van der Waals surface area contributed by atoms with Gasteiger partial charge < -0.3 is 0 Å². The number of hydrogen-bond acceptors (Lipinski definition) is 1. The van der Waals surface area contributed by atoms with E-state index in [0.717, 1.165) is 6.54 Å². The summed E-state index contributed by atoms with van der Waals surface area (Å²) in [6.07, 6.45) is 0. The molecule has 1 rings (SSSR count). The van der Waals surface area contributed by atoms with E-state index >= 15 is 0 Å². The van der Waals surface area contributed by atoms with Crippen LogP contribution in [-0.4, -0.2) is 44.1 Å². The van der Waals surface area contributed by atoms with Crippen LogP contribution in [-0.2, 0) is 6.54 Å². The standard InChI is InChI=1S/C9H12N.Po/c1-10(2)8-9-6-4-3-5-7-9;/h3-6H,8H2,1-2H3;. The third-order valence-corrected chi connectivity index (χ3v) is 3.01. The Morgan fingerprint density at radius 2 is 1.91 bits per heavy atom. The summed E-state index contributed by atoms with van der Waals surface area (Å²) in [6, 6.07) is 8.59. The number of nitrogens with zero attached hydrogens (tertiary/aromatic N) is 1. The number of hydrogen-bond donors (Lipinski definition) is 0. The summed E-state index contributed by atoms with van der Waals surface area (Å²) >= 11 is 1.55. The van der Waals surface area contributed by atoms with E-state index in [9.17, 15) is 0 Å².